The highest BCUT2D eigenvalue weighted by atomic mass is 79.9. The molecule has 1 amide bonds. The first-order valence-electron chi connectivity index (χ1n) is 9.43. The van der Waals surface area contributed by atoms with Gasteiger partial charge in [0, 0.05) is 40.7 Å². The SMILES string of the molecule is O=C(Nc1cccc(C2C=CN=C(Cc3cccnc3)C2=O)c1)c1cccc(Br)c1. The van der Waals surface area contributed by atoms with E-state index in [9.17, 15) is 9.59 Å². The Balaban J connectivity index is 1.51. The number of anilines is 1. The van der Waals surface area contributed by atoms with Crippen molar-refractivity contribution in [3.63, 3.8) is 0 Å². The van der Waals surface area contributed by atoms with Crippen molar-refractivity contribution >= 4 is 39.0 Å². The Morgan fingerprint density at radius 2 is 1.93 bits per heavy atom. The maximum atomic E-state index is 13.0. The first kappa shape index (κ1) is 19.9. The molecule has 1 N–H and O–H groups in total. The summed E-state index contributed by atoms with van der Waals surface area (Å²) >= 11 is 3.38. The van der Waals surface area contributed by atoms with Crippen LogP contribution in [0, 0.1) is 0 Å². The Morgan fingerprint density at radius 1 is 1.07 bits per heavy atom. The van der Waals surface area contributed by atoms with Crippen molar-refractivity contribution in [1.29, 1.82) is 0 Å². The molecule has 0 spiro atoms. The number of halogens is 1. The number of Topliss-reactive ketones (excluding diaryl/α,β-unsaturated/α-hetero) is 1. The molecule has 6 heteroatoms. The number of nitrogens with zero attached hydrogens (tertiary/aromatic N) is 2. The van der Waals surface area contributed by atoms with Crippen molar-refractivity contribution in [2.75, 3.05) is 5.32 Å². The fraction of sp³-hybridized carbons (Fsp3) is 0.0833. The van der Waals surface area contributed by atoms with Crippen molar-refractivity contribution in [3.05, 3.63) is 106 Å². The molecule has 0 aliphatic carbocycles. The quantitative estimate of drug-likeness (QED) is 0.585. The summed E-state index contributed by atoms with van der Waals surface area (Å²) in [6.07, 6.45) is 7.33. The normalized spacial score (nSPS) is 15.6. The molecule has 0 radical (unpaired) electrons. The number of hydrogen-bond acceptors (Lipinski definition) is 4. The topological polar surface area (TPSA) is 71.4 Å². The fourth-order valence-electron chi connectivity index (χ4n) is 3.28. The second-order valence-corrected chi connectivity index (χ2v) is 7.80. The summed E-state index contributed by atoms with van der Waals surface area (Å²) in [5.41, 5.74) is 3.43. The molecule has 0 fully saturated rings. The van der Waals surface area contributed by atoms with E-state index in [1.54, 1.807) is 42.9 Å². The maximum absolute atomic E-state index is 13.0. The van der Waals surface area contributed by atoms with E-state index >= 15 is 0 Å². The van der Waals surface area contributed by atoms with Crippen molar-refractivity contribution in [3.8, 4) is 0 Å². The van der Waals surface area contributed by atoms with Gasteiger partial charge in [0.1, 0.15) is 0 Å². The summed E-state index contributed by atoms with van der Waals surface area (Å²) in [4.78, 5) is 33.9. The molecule has 5 nitrogen and oxygen atoms in total. The molecule has 0 bridgehead atoms. The third-order valence-corrected chi connectivity index (χ3v) is 5.25. The van der Waals surface area contributed by atoms with E-state index in [0.29, 0.717) is 23.4 Å². The minimum absolute atomic E-state index is 0.0446. The lowest BCUT2D eigenvalue weighted by molar-refractivity contribution is -0.113. The number of ketones is 1. The highest BCUT2D eigenvalue weighted by Crippen LogP contribution is 2.26. The van der Waals surface area contributed by atoms with Gasteiger partial charge in [0.25, 0.3) is 5.91 Å². The van der Waals surface area contributed by atoms with Crippen molar-refractivity contribution in [2.24, 2.45) is 4.99 Å². The van der Waals surface area contributed by atoms with Gasteiger partial charge in [-0.15, -0.1) is 0 Å². The van der Waals surface area contributed by atoms with Gasteiger partial charge in [-0.05, 0) is 47.5 Å². The van der Waals surface area contributed by atoms with Gasteiger partial charge >= 0.3 is 0 Å². The van der Waals surface area contributed by atoms with Gasteiger partial charge in [-0.1, -0.05) is 46.3 Å². The standard InChI is InChI=1S/C24H18BrN3O2/c25-19-7-1-6-18(13-19)24(30)28-20-8-2-5-17(14-20)21-9-11-27-22(23(21)29)12-16-4-3-10-26-15-16/h1-11,13-15,21H,12H2,(H,28,30). The van der Waals surface area contributed by atoms with Crippen LogP contribution in [0.2, 0.25) is 0 Å². The van der Waals surface area contributed by atoms with E-state index in [1.807, 2.05) is 42.5 Å². The molecule has 1 atom stereocenters. The highest BCUT2D eigenvalue weighted by molar-refractivity contribution is 9.10. The smallest absolute Gasteiger partial charge is 0.255 e. The third-order valence-electron chi connectivity index (χ3n) is 4.76. The molecule has 1 unspecified atom stereocenters. The third kappa shape index (κ3) is 4.60. The molecule has 0 saturated heterocycles. The number of pyridine rings is 1. The summed E-state index contributed by atoms with van der Waals surface area (Å²) in [5.74, 6) is -0.688. The summed E-state index contributed by atoms with van der Waals surface area (Å²) in [6, 6.07) is 18.3. The van der Waals surface area contributed by atoms with E-state index in [0.717, 1.165) is 15.6 Å². The number of aromatic nitrogens is 1. The lowest BCUT2D eigenvalue weighted by Gasteiger charge is -2.18. The van der Waals surface area contributed by atoms with E-state index in [1.165, 1.54) is 0 Å². The molecular weight excluding hydrogens is 442 g/mol. The first-order valence-corrected chi connectivity index (χ1v) is 10.2. The van der Waals surface area contributed by atoms with Crippen molar-refractivity contribution < 1.29 is 9.59 Å². The van der Waals surface area contributed by atoms with E-state index in [2.05, 4.69) is 31.2 Å². The van der Waals surface area contributed by atoms with Gasteiger partial charge in [-0.3, -0.25) is 19.6 Å². The number of nitrogens with one attached hydrogen (secondary N) is 1. The zero-order valence-corrected chi connectivity index (χ0v) is 17.5. The molecule has 0 saturated carbocycles. The van der Waals surface area contributed by atoms with Gasteiger partial charge in [0.2, 0.25) is 0 Å². The van der Waals surface area contributed by atoms with Crippen LogP contribution in [0.4, 0.5) is 5.69 Å². The second kappa shape index (κ2) is 8.97. The van der Waals surface area contributed by atoms with E-state index < -0.39 is 5.92 Å². The van der Waals surface area contributed by atoms with Crippen LogP contribution in [0.15, 0.2) is 94.8 Å². The Labute approximate surface area is 182 Å². The average molecular weight is 460 g/mol. The van der Waals surface area contributed by atoms with Crippen LogP contribution in [0.5, 0.6) is 0 Å². The zero-order chi connectivity index (χ0) is 20.9. The molecule has 30 heavy (non-hydrogen) atoms. The van der Waals surface area contributed by atoms with Gasteiger partial charge in [0.15, 0.2) is 5.78 Å². The number of aliphatic imine (C=N–C) groups is 1. The monoisotopic (exact) mass is 459 g/mol. The van der Waals surface area contributed by atoms with Gasteiger partial charge in [0.05, 0.1) is 11.6 Å². The number of rotatable bonds is 5. The number of benzene rings is 2. The number of allylic oxidation sites excluding steroid dienone is 1. The predicted octanol–water partition coefficient (Wildman–Crippen LogP) is 4.96. The average Bonchev–Trinajstić information content (AvgIpc) is 2.76. The molecule has 4 rings (SSSR count). The fourth-order valence-corrected chi connectivity index (χ4v) is 3.68. The van der Waals surface area contributed by atoms with Crippen molar-refractivity contribution in [2.45, 2.75) is 12.3 Å². The van der Waals surface area contributed by atoms with Gasteiger partial charge in [-0.25, -0.2) is 0 Å². The lowest BCUT2D eigenvalue weighted by Crippen LogP contribution is -2.25. The summed E-state index contributed by atoms with van der Waals surface area (Å²) in [7, 11) is 0. The Bertz CT molecular complexity index is 1160. The first-order chi connectivity index (χ1) is 14.6. The molecule has 2 aromatic carbocycles. The van der Waals surface area contributed by atoms with Crippen LogP contribution in [0.3, 0.4) is 0 Å². The number of hydrogen-bond donors (Lipinski definition) is 1. The molecule has 1 aromatic heterocycles. The van der Waals surface area contributed by atoms with Crippen molar-refractivity contribution in [1.82, 2.24) is 4.98 Å². The highest BCUT2D eigenvalue weighted by Gasteiger charge is 2.25. The molecule has 148 valence electrons. The number of carbonyl (C=O) groups excluding carboxylic acids is 2. The summed E-state index contributed by atoms with van der Waals surface area (Å²) in [5, 5.41) is 2.90. The maximum Gasteiger partial charge on any atom is 0.255 e. The van der Waals surface area contributed by atoms with Gasteiger partial charge < -0.3 is 5.32 Å². The molecule has 1 aliphatic heterocycles. The number of carbonyl (C=O) groups is 2. The minimum Gasteiger partial charge on any atom is -0.322 e. The lowest BCUT2D eigenvalue weighted by atomic mass is 9.88. The second-order valence-electron chi connectivity index (χ2n) is 6.89. The van der Waals surface area contributed by atoms with Crippen LogP contribution >= 0.6 is 15.9 Å². The van der Waals surface area contributed by atoms with E-state index in [4.69, 9.17) is 0 Å². The molecular formula is C24H18BrN3O2. The van der Waals surface area contributed by atoms with Crippen LogP contribution in [0.1, 0.15) is 27.4 Å². The van der Waals surface area contributed by atoms with Crippen LogP contribution < -0.4 is 5.32 Å². The summed E-state index contributed by atoms with van der Waals surface area (Å²) < 4.78 is 0.835. The molecule has 3 aromatic rings. The Morgan fingerprint density at radius 3 is 2.73 bits per heavy atom. The zero-order valence-electron chi connectivity index (χ0n) is 16.0. The van der Waals surface area contributed by atoms with E-state index in [-0.39, 0.29) is 11.7 Å². The minimum atomic E-state index is -0.433. The van der Waals surface area contributed by atoms with Gasteiger partial charge in [-0.2, -0.15) is 0 Å². The van der Waals surface area contributed by atoms with Crippen LogP contribution in [-0.2, 0) is 11.2 Å². The largest absolute Gasteiger partial charge is 0.322 e. The van der Waals surface area contributed by atoms with Crippen LogP contribution in [0.25, 0.3) is 0 Å². The predicted molar refractivity (Wildman–Crippen MR) is 121 cm³/mol. The number of amides is 1. The van der Waals surface area contributed by atoms with Crippen LogP contribution in [-0.4, -0.2) is 22.4 Å². The molecule has 2 heterocycles. The Kier molecular flexibility index (Phi) is 5.95. The Hall–Kier alpha value is -3.38. The molecule has 1 aliphatic rings. The summed E-state index contributed by atoms with van der Waals surface area (Å²) in [6.45, 7) is 0.